The maximum Gasteiger partial charge on any atom is 0.191 e. The monoisotopic (exact) mass is 573 g/mol. The summed E-state index contributed by atoms with van der Waals surface area (Å²) in [7, 11) is 1.75. The summed E-state index contributed by atoms with van der Waals surface area (Å²) in [6.07, 6.45) is 8.87. The molecular formula is C26H44IN3O3. The second-order valence-electron chi connectivity index (χ2n) is 9.68. The van der Waals surface area contributed by atoms with Crippen molar-refractivity contribution in [3.8, 4) is 5.75 Å². The molecule has 1 aliphatic carbocycles. The van der Waals surface area contributed by atoms with E-state index in [-0.39, 0.29) is 41.4 Å². The van der Waals surface area contributed by atoms with E-state index in [2.05, 4.69) is 42.7 Å². The fourth-order valence-corrected chi connectivity index (χ4v) is 5.41. The predicted molar refractivity (Wildman–Crippen MR) is 146 cm³/mol. The zero-order chi connectivity index (χ0) is 22.9. The number of aryl methyl sites for hydroxylation is 1. The number of nitrogens with zero attached hydrogens (tertiary/aromatic N) is 1. The third-order valence-electron chi connectivity index (χ3n) is 7.44. The van der Waals surface area contributed by atoms with E-state index in [1.54, 1.807) is 7.11 Å². The molecule has 0 amide bonds. The van der Waals surface area contributed by atoms with Crippen molar-refractivity contribution in [1.82, 2.24) is 10.6 Å². The number of rotatable bonds is 9. The van der Waals surface area contributed by atoms with Crippen molar-refractivity contribution in [1.29, 1.82) is 0 Å². The SMILES string of the molecule is CCNC(=NCC1(CCO)CCCCC1)NCC1(c2cc(C)ccc2OC)CCOCC1.I. The van der Waals surface area contributed by atoms with E-state index >= 15 is 0 Å². The Morgan fingerprint density at radius 1 is 1.12 bits per heavy atom. The maximum absolute atomic E-state index is 9.65. The lowest BCUT2D eigenvalue weighted by Gasteiger charge is -2.39. The van der Waals surface area contributed by atoms with Crippen LogP contribution in [0.25, 0.3) is 0 Å². The summed E-state index contributed by atoms with van der Waals surface area (Å²) in [4.78, 5) is 5.02. The number of methoxy groups -OCH3 is 1. The molecule has 2 aliphatic rings. The highest BCUT2D eigenvalue weighted by Gasteiger charge is 2.37. The van der Waals surface area contributed by atoms with Gasteiger partial charge < -0.3 is 25.2 Å². The van der Waals surface area contributed by atoms with E-state index in [0.717, 1.165) is 76.7 Å². The van der Waals surface area contributed by atoms with Gasteiger partial charge in [-0.25, -0.2) is 0 Å². The molecule has 6 nitrogen and oxygen atoms in total. The lowest BCUT2D eigenvalue weighted by Crippen LogP contribution is -2.48. The fourth-order valence-electron chi connectivity index (χ4n) is 5.41. The standard InChI is InChI=1S/C26H43N3O3.HI/c1-4-27-24(28-19-25(12-15-30)10-6-5-7-11-25)29-20-26(13-16-32-17-14-26)22-18-21(2)8-9-23(22)31-3;/h8-9,18,30H,4-7,10-17,19-20H2,1-3H3,(H2,27,28,29);1H. The number of aliphatic hydroxyl groups excluding tert-OH is 1. The Balaban J connectivity index is 0.00000385. The average Bonchev–Trinajstić information content (AvgIpc) is 2.82. The molecule has 188 valence electrons. The van der Waals surface area contributed by atoms with Crippen LogP contribution in [0.2, 0.25) is 0 Å². The molecule has 33 heavy (non-hydrogen) atoms. The summed E-state index contributed by atoms with van der Waals surface area (Å²) in [6.45, 7) is 8.38. The van der Waals surface area contributed by atoms with Gasteiger partial charge in [0.05, 0.1) is 7.11 Å². The summed E-state index contributed by atoms with van der Waals surface area (Å²) >= 11 is 0. The molecule has 0 bridgehead atoms. The number of nitrogens with one attached hydrogen (secondary N) is 2. The smallest absolute Gasteiger partial charge is 0.191 e. The van der Waals surface area contributed by atoms with Crippen LogP contribution in [-0.4, -0.2) is 57.6 Å². The maximum atomic E-state index is 9.65. The molecule has 1 aliphatic heterocycles. The number of ether oxygens (including phenoxy) is 2. The first-order valence-electron chi connectivity index (χ1n) is 12.4. The molecule has 3 rings (SSSR count). The highest BCUT2D eigenvalue weighted by Crippen LogP contribution is 2.41. The number of aliphatic imine (C=N–C) groups is 1. The summed E-state index contributed by atoms with van der Waals surface area (Å²) in [5, 5.41) is 16.8. The van der Waals surface area contributed by atoms with Crippen molar-refractivity contribution in [2.75, 3.05) is 46.6 Å². The fraction of sp³-hybridized carbons (Fsp3) is 0.731. The van der Waals surface area contributed by atoms with Gasteiger partial charge in [-0.2, -0.15) is 0 Å². The number of guanidine groups is 1. The molecule has 0 spiro atoms. The molecule has 1 heterocycles. The second kappa shape index (κ2) is 13.7. The quantitative estimate of drug-likeness (QED) is 0.230. The van der Waals surface area contributed by atoms with Crippen molar-refractivity contribution in [2.45, 2.75) is 70.6 Å². The second-order valence-corrected chi connectivity index (χ2v) is 9.68. The minimum absolute atomic E-state index is 0. The number of hydrogen-bond acceptors (Lipinski definition) is 4. The summed E-state index contributed by atoms with van der Waals surface area (Å²) in [5.41, 5.74) is 2.59. The van der Waals surface area contributed by atoms with Crippen molar-refractivity contribution in [3.05, 3.63) is 29.3 Å². The van der Waals surface area contributed by atoms with Gasteiger partial charge in [-0.05, 0) is 57.4 Å². The van der Waals surface area contributed by atoms with Gasteiger partial charge in [0.1, 0.15) is 5.75 Å². The lowest BCUT2D eigenvalue weighted by molar-refractivity contribution is 0.0505. The third-order valence-corrected chi connectivity index (χ3v) is 7.44. The van der Waals surface area contributed by atoms with Crippen LogP contribution in [0.5, 0.6) is 5.75 Å². The van der Waals surface area contributed by atoms with Gasteiger partial charge in [-0.15, -0.1) is 24.0 Å². The van der Waals surface area contributed by atoms with Crippen LogP contribution < -0.4 is 15.4 Å². The Morgan fingerprint density at radius 2 is 1.85 bits per heavy atom. The normalized spacial score (nSPS) is 19.9. The van der Waals surface area contributed by atoms with Crippen LogP contribution in [0.4, 0.5) is 0 Å². The largest absolute Gasteiger partial charge is 0.496 e. The van der Waals surface area contributed by atoms with Crippen LogP contribution in [0, 0.1) is 12.3 Å². The van der Waals surface area contributed by atoms with E-state index in [0.29, 0.717) is 0 Å². The Bertz CT molecular complexity index is 739. The van der Waals surface area contributed by atoms with E-state index < -0.39 is 0 Å². The van der Waals surface area contributed by atoms with E-state index in [9.17, 15) is 5.11 Å². The van der Waals surface area contributed by atoms with Crippen molar-refractivity contribution < 1.29 is 14.6 Å². The molecule has 1 aromatic carbocycles. The number of hydrogen-bond donors (Lipinski definition) is 3. The number of halogens is 1. The minimum atomic E-state index is -0.0561. The molecule has 1 saturated carbocycles. The molecule has 0 radical (unpaired) electrons. The summed E-state index contributed by atoms with van der Waals surface area (Å²) in [5.74, 6) is 1.82. The molecular weight excluding hydrogens is 529 g/mol. The minimum Gasteiger partial charge on any atom is -0.496 e. The Hall–Kier alpha value is -1.06. The molecule has 0 atom stereocenters. The van der Waals surface area contributed by atoms with Crippen LogP contribution >= 0.6 is 24.0 Å². The van der Waals surface area contributed by atoms with Gasteiger partial charge in [-0.1, -0.05) is 37.0 Å². The van der Waals surface area contributed by atoms with Crippen molar-refractivity contribution in [2.24, 2.45) is 10.4 Å². The predicted octanol–water partition coefficient (Wildman–Crippen LogP) is 4.56. The van der Waals surface area contributed by atoms with E-state index in [1.165, 1.54) is 30.4 Å². The highest BCUT2D eigenvalue weighted by molar-refractivity contribution is 14.0. The number of aliphatic hydroxyl groups is 1. The van der Waals surface area contributed by atoms with Crippen LogP contribution in [-0.2, 0) is 10.2 Å². The number of benzene rings is 1. The van der Waals surface area contributed by atoms with Gasteiger partial charge in [0, 0.05) is 50.4 Å². The lowest BCUT2D eigenvalue weighted by atomic mass is 9.72. The van der Waals surface area contributed by atoms with Crippen LogP contribution in [0.3, 0.4) is 0 Å². The molecule has 0 aromatic heterocycles. The first-order valence-corrected chi connectivity index (χ1v) is 12.4. The molecule has 2 fully saturated rings. The Morgan fingerprint density at radius 3 is 2.48 bits per heavy atom. The van der Waals surface area contributed by atoms with Crippen LogP contribution in [0.1, 0.15) is 69.4 Å². The first-order chi connectivity index (χ1) is 15.6. The Kier molecular flexibility index (Phi) is 11.7. The molecule has 1 saturated heterocycles. The van der Waals surface area contributed by atoms with Gasteiger partial charge in [0.2, 0.25) is 0 Å². The van der Waals surface area contributed by atoms with E-state index in [1.807, 2.05) is 0 Å². The van der Waals surface area contributed by atoms with Gasteiger partial charge in [0.25, 0.3) is 0 Å². The van der Waals surface area contributed by atoms with Gasteiger partial charge in [-0.3, -0.25) is 4.99 Å². The van der Waals surface area contributed by atoms with Gasteiger partial charge in [0.15, 0.2) is 5.96 Å². The topological polar surface area (TPSA) is 75.1 Å². The van der Waals surface area contributed by atoms with Gasteiger partial charge >= 0.3 is 0 Å². The Labute approximate surface area is 217 Å². The first kappa shape index (κ1) is 28.2. The summed E-state index contributed by atoms with van der Waals surface area (Å²) < 4.78 is 11.5. The molecule has 1 aromatic rings. The highest BCUT2D eigenvalue weighted by atomic mass is 127. The van der Waals surface area contributed by atoms with E-state index in [4.69, 9.17) is 14.5 Å². The average molecular weight is 574 g/mol. The molecule has 3 N–H and O–H groups in total. The van der Waals surface area contributed by atoms with Crippen molar-refractivity contribution >= 4 is 29.9 Å². The third kappa shape index (κ3) is 7.46. The van der Waals surface area contributed by atoms with Crippen LogP contribution in [0.15, 0.2) is 23.2 Å². The summed E-state index contributed by atoms with van der Waals surface area (Å²) in [6, 6.07) is 6.47. The zero-order valence-electron chi connectivity index (χ0n) is 20.8. The molecule has 7 heteroatoms. The van der Waals surface area contributed by atoms with Crippen molar-refractivity contribution in [3.63, 3.8) is 0 Å². The zero-order valence-corrected chi connectivity index (χ0v) is 23.1. The molecule has 0 unspecified atom stereocenters.